The highest BCUT2D eigenvalue weighted by Gasteiger charge is 2.26. The Morgan fingerprint density at radius 1 is 0.842 bits per heavy atom. The lowest BCUT2D eigenvalue weighted by Gasteiger charge is -2.32. The van der Waals surface area contributed by atoms with Gasteiger partial charge >= 0.3 is 5.97 Å². The normalized spacial score (nSPS) is 16.8. The van der Waals surface area contributed by atoms with Crippen LogP contribution in [0, 0.1) is 5.92 Å². The van der Waals surface area contributed by atoms with E-state index >= 15 is 0 Å². The highest BCUT2D eigenvalue weighted by atomic mass is 16.4. The minimum Gasteiger partial charge on any atom is -0.478 e. The molecule has 3 aromatic carbocycles. The van der Waals surface area contributed by atoms with E-state index < -0.39 is 5.97 Å². The van der Waals surface area contributed by atoms with Crippen LogP contribution in [0.2, 0.25) is 0 Å². The SMILES string of the molecule is O=C(O)c1ccc2c(c1)nc(-c1ccc(C(=O)N3CCC(Cc4ccccc4)CC3)cc1)n2C1CCCC1. The molecule has 1 saturated heterocycles. The van der Waals surface area contributed by atoms with Gasteiger partial charge in [-0.15, -0.1) is 0 Å². The van der Waals surface area contributed by atoms with Crippen molar-refractivity contribution in [3.8, 4) is 11.4 Å². The lowest BCUT2D eigenvalue weighted by molar-refractivity contribution is 0.0684. The minimum absolute atomic E-state index is 0.0881. The molecular weight excluding hydrogens is 474 g/mol. The second kappa shape index (κ2) is 10.4. The first-order valence-electron chi connectivity index (χ1n) is 13.8. The average molecular weight is 508 g/mol. The molecule has 1 aliphatic heterocycles. The minimum atomic E-state index is -0.948. The summed E-state index contributed by atoms with van der Waals surface area (Å²) in [7, 11) is 0. The van der Waals surface area contributed by atoms with Crippen molar-refractivity contribution in [1.29, 1.82) is 0 Å². The summed E-state index contributed by atoms with van der Waals surface area (Å²) in [5.74, 6) is 0.602. The Kier molecular flexibility index (Phi) is 6.71. The molecule has 2 heterocycles. The number of benzene rings is 3. The van der Waals surface area contributed by atoms with Crippen LogP contribution in [0.25, 0.3) is 22.4 Å². The molecule has 0 unspecified atom stereocenters. The number of aromatic nitrogens is 2. The van der Waals surface area contributed by atoms with Gasteiger partial charge in [-0.1, -0.05) is 55.3 Å². The summed E-state index contributed by atoms with van der Waals surface area (Å²) >= 11 is 0. The molecule has 0 radical (unpaired) electrons. The standard InChI is InChI=1S/C32H33N3O3/c36-31(34-18-16-23(17-19-34)20-22-6-2-1-3-7-22)25-12-10-24(11-13-25)30-33-28-21-26(32(37)38)14-15-29(28)35(30)27-8-4-5-9-27/h1-3,6-7,10-15,21,23,27H,4-5,8-9,16-20H2,(H,37,38). The number of aromatic carboxylic acids is 1. The number of nitrogens with zero attached hydrogens (tertiary/aromatic N) is 3. The number of rotatable bonds is 6. The van der Waals surface area contributed by atoms with E-state index in [0.717, 1.165) is 62.1 Å². The fourth-order valence-corrected chi connectivity index (χ4v) is 6.20. The van der Waals surface area contributed by atoms with Crippen LogP contribution in [0.4, 0.5) is 0 Å². The van der Waals surface area contributed by atoms with Crippen molar-refractivity contribution in [3.05, 3.63) is 89.5 Å². The highest BCUT2D eigenvalue weighted by Crippen LogP contribution is 2.37. The van der Waals surface area contributed by atoms with E-state index in [2.05, 4.69) is 34.9 Å². The smallest absolute Gasteiger partial charge is 0.335 e. The number of carbonyl (C=O) groups excluding carboxylic acids is 1. The van der Waals surface area contributed by atoms with Crippen LogP contribution in [0.5, 0.6) is 0 Å². The van der Waals surface area contributed by atoms with Gasteiger partial charge in [0, 0.05) is 30.3 Å². The van der Waals surface area contributed by atoms with Gasteiger partial charge in [0.1, 0.15) is 5.82 Å². The molecular formula is C32H33N3O3. The molecule has 1 aromatic heterocycles. The summed E-state index contributed by atoms with van der Waals surface area (Å²) < 4.78 is 2.28. The Morgan fingerprint density at radius 2 is 1.53 bits per heavy atom. The van der Waals surface area contributed by atoms with E-state index in [1.54, 1.807) is 12.1 Å². The van der Waals surface area contributed by atoms with Crippen LogP contribution >= 0.6 is 0 Å². The summed E-state index contributed by atoms with van der Waals surface area (Å²) in [6.07, 6.45) is 7.70. The summed E-state index contributed by atoms with van der Waals surface area (Å²) in [5, 5.41) is 9.45. The quantitative estimate of drug-likeness (QED) is 0.319. The van der Waals surface area contributed by atoms with Gasteiger partial charge in [0.25, 0.3) is 5.91 Å². The fraction of sp³-hybridized carbons (Fsp3) is 0.344. The number of carboxylic acids is 1. The van der Waals surface area contributed by atoms with Gasteiger partial charge in [-0.3, -0.25) is 4.79 Å². The van der Waals surface area contributed by atoms with Gasteiger partial charge in [0.15, 0.2) is 0 Å². The average Bonchev–Trinajstić information content (AvgIpc) is 3.61. The van der Waals surface area contributed by atoms with Crippen molar-refractivity contribution in [2.45, 2.75) is 51.0 Å². The van der Waals surface area contributed by atoms with Crippen molar-refractivity contribution in [2.24, 2.45) is 5.92 Å². The van der Waals surface area contributed by atoms with Crippen molar-refractivity contribution in [1.82, 2.24) is 14.5 Å². The maximum absolute atomic E-state index is 13.3. The van der Waals surface area contributed by atoms with Gasteiger partial charge in [0.2, 0.25) is 0 Å². The molecule has 0 spiro atoms. The molecule has 6 heteroatoms. The van der Waals surface area contributed by atoms with Crippen molar-refractivity contribution >= 4 is 22.9 Å². The lowest BCUT2D eigenvalue weighted by Crippen LogP contribution is -2.38. The number of piperidine rings is 1. The molecule has 0 bridgehead atoms. The van der Waals surface area contributed by atoms with Crippen molar-refractivity contribution < 1.29 is 14.7 Å². The second-order valence-electron chi connectivity index (χ2n) is 10.8. The zero-order valence-electron chi connectivity index (χ0n) is 21.6. The Bertz CT molecular complexity index is 1440. The number of likely N-dealkylation sites (tertiary alicyclic amines) is 1. The molecule has 6 rings (SSSR count). The highest BCUT2D eigenvalue weighted by molar-refractivity contribution is 5.95. The van der Waals surface area contributed by atoms with E-state index in [-0.39, 0.29) is 11.5 Å². The molecule has 2 aliphatic rings. The van der Waals surface area contributed by atoms with Crippen LogP contribution in [-0.4, -0.2) is 44.5 Å². The molecule has 2 fully saturated rings. The maximum Gasteiger partial charge on any atom is 0.335 e. The Morgan fingerprint density at radius 3 is 2.21 bits per heavy atom. The number of hydrogen-bond acceptors (Lipinski definition) is 3. The number of carbonyl (C=O) groups is 2. The molecule has 194 valence electrons. The topological polar surface area (TPSA) is 75.4 Å². The largest absolute Gasteiger partial charge is 0.478 e. The Hall–Kier alpha value is -3.93. The summed E-state index contributed by atoms with van der Waals surface area (Å²) in [5.41, 5.74) is 4.93. The molecule has 6 nitrogen and oxygen atoms in total. The number of carboxylic acid groups (broad SMARTS) is 1. The first-order valence-corrected chi connectivity index (χ1v) is 13.8. The van der Waals surface area contributed by atoms with E-state index in [0.29, 0.717) is 23.0 Å². The number of fused-ring (bicyclic) bond motifs is 1. The van der Waals surface area contributed by atoms with E-state index in [4.69, 9.17) is 4.98 Å². The summed E-state index contributed by atoms with van der Waals surface area (Å²) in [6, 6.07) is 24.0. The van der Waals surface area contributed by atoms with Gasteiger partial charge in [-0.2, -0.15) is 0 Å². The van der Waals surface area contributed by atoms with Crippen LogP contribution in [-0.2, 0) is 6.42 Å². The van der Waals surface area contributed by atoms with E-state index in [9.17, 15) is 14.7 Å². The van der Waals surface area contributed by atoms with Crippen LogP contribution in [0.3, 0.4) is 0 Å². The molecule has 1 amide bonds. The predicted molar refractivity (Wildman–Crippen MR) is 148 cm³/mol. The van der Waals surface area contributed by atoms with Crippen LogP contribution in [0.15, 0.2) is 72.8 Å². The van der Waals surface area contributed by atoms with Crippen molar-refractivity contribution in [3.63, 3.8) is 0 Å². The number of hydrogen-bond donors (Lipinski definition) is 1. The zero-order valence-corrected chi connectivity index (χ0v) is 21.6. The van der Waals surface area contributed by atoms with Crippen LogP contribution < -0.4 is 0 Å². The van der Waals surface area contributed by atoms with Gasteiger partial charge in [-0.25, -0.2) is 9.78 Å². The Labute approximate surface area is 222 Å². The monoisotopic (exact) mass is 507 g/mol. The molecule has 1 N–H and O–H groups in total. The first kappa shape index (κ1) is 24.4. The molecule has 1 aliphatic carbocycles. The van der Waals surface area contributed by atoms with Crippen molar-refractivity contribution in [2.75, 3.05) is 13.1 Å². The third kappa shape index (κ3) is 4.83. The summed E-state index contributed by atoms with van der Waals surface area (Å²) in [6.45, 7) is 1.59. The van der Waals surface area contributed by atoms with E-state index in [1.165, 1.54) is 18.4 Å². The lowest BCUT2D eigenvalue weighted by atomic mass is 9.90. The van der Waals surface area contributed by atoms with Crippen LogP contribution in [0.1, 0.15) is 70.8 Å². The fourth-order valence-electron chi connectivity index (χ4n) is 6.20. The number of imidazole rings is 1. The predicted octanol–water partition coefficient (Wildman–Crippen LogP) is 6.61. The molecule has 38 heavy (non-hydrogen) atoms. The summed E-state index contributed by atoms with van der Waals surface area (Å²) in [4.78, 5) is 31.7. The van der Waals surface area contributed by atoms with Gasteiger partial charge < -0.3 is 14.6 Å². The van der Waals surface area contributed by atoms with Gasteiger partial charge in [0.05, 0.1) is 16.6 Å². The second-order valence-corrected chi connectivity index (χ2v) is 10.8. The maximum atomic E-state index is 13.3. The third-order valence-corrected chi connectivity index (χ3v) is 8.29. The molecule has 1 saturated carbocycles. The van der Waals surface area contributed by atoms with E-state index in [1.807, 2.05) is 35.2 Å². The molecule has 0 atom stereocenters. The number of amides is 1. The zero-order chi connectivity index (χ0) is 26.1. The Balaban J connectivity index is 1.20. The van der Waals surface area contributed by atoms with Gasteiger partial charge in [-0.05, 0) is 73.9 Å². The molecule has 4 aromatic rings. The first-order chi connectivity index (χ1) is 18.6. The third-order valence-electron chi connectivity index (χ3n) is 8.29.